The quantitative estimate of drug-likeness (QED) is 0.799. The lowest BCUT2D eigenvalue weighted by atomic mass is 10.2. The van der Waals surface area contributed by atoms with Gasteiger partial charge in [-0.25, -0.2) is 4.98 Å². The molecule has 0 spiro atoms. The maximum absolute atomic E-state index is 11.7. The van der Waals surface area contributed by atoms with Gasteiger partial charge in [0, 0.05) is 4.88 Å². The molecule has 0 aromatic carbocycles. The van der Waals surface area contributed by atoms with Gasteiger partial charge in [-0.2, -0.15) is 0 Å². The van der Waals surface area contributed by atoms with E-state index in [-0.39, 0.29) is 11.9 Å². The number of ether oxygens (including phenoxy) is 1. The fourth-order valence-corrected chi connectivity index (χ4v) is 3.42. The van der Waals surface area contributed by atoms with E-state index in [0.29, 0.717) is 6.61 Å². The minimum Gasteiger partial charge on any atom is -0.465 e. The number of carbonyl (C=O) groups excluding carboxylic acids is 1. The first-order valence-electron chi connectivity index (χ1n) is 5.81. The average Bonchev–Trinajstić information content (AvgIpc) is 2.97. The highest BCUT2D eigenvalue weighted by molar-refractivity contribution is 7.15. The minimum absolute atomic E-state index is 0.205. The highest BCUT2D eigenvalue weighted by Gasteiger charge is 2.22. The lowest BCUT2D eigenvalue weighted by molar-refractivity contribution is -0.144. The normalized spacial score (nSPS) is 12.4. The van der Waals surface area contributed by atoms with Gasteiger partial charge in [-0.05, 0) is 32.2 Å². The highest BCUT2D eigenvalue weighted by atomic mass is 32.1. The Morgan fingerprint density at radius 3 is 2.94 bits per heavy atom. The van der Waals surface area contributed by atoms with Crippen LogP contribution in [0.15, 0.2) is 17.5 Å². The number of nitrogens with zero attached hydrogens (tertiary/aromatic N) is 1. The molecule has 0 aliphatic carbocycles. The molecular weight excluding hydrogens is 266 g/mol. The van der Waals surface area contributed by atoms with Gasteiger partial charge in [0.05, 0.1) is 17.2 Å². The van der Waals surface area contributed by atoms with Crippen molar-refractivity contribution < 1.29 is 9.53 Å². The Labute approximate surface area is 114 Å². The van der Waals surface area contributed by atoms with E-state index in [0.717, 1.165) is 20.5 Å². The maximum Gasteiger partial charge on any atom is 0.315 e. The third kappa shape index (κ3) is 2.62. The Bertz CT molecular complexity index is 531. The van der Waals surface area contributed by atoms with Gasteiger partial charge in [0.15, 0.2) is 0 Å². The van der Waals surface area contributed by atoms with Crippen LogP contribution in [0.5, 0.6) is 0 Å². The molecule has 0 N–H and O–H groups in total. The summed E-state index contributed by atoms with van der Waals surface area (Å²) in [5.74, 6) is -0.494. The van der Waals surface area contributed by atoms with Crippen molar-refractivity contribution in [2.24, 2.45) is 0 Å². The summed E-state index contributed by atoms with van der Waals surface area (Å²) >= 11 is 3.23. The molecule has 96 valence electrons. The molecule has 3 nitrogen and oxygen atoms in total. The second-order valence-electron chi connectivity index (χ2n) is 3.91. The van der Waals surface area contributed by atoms with Crippen LogP contribution in [0.2, 0.25) is 0 Å². The van der Waals surface area contributed by atoms with Crippen LogP contribution < -0.4 is 0 Å². The van der Waals surface area contributed by atoms with E-state index < -0.39 is 0 Å². The van der Waals surface area contributed by atoms with Crippen molar-refractivity contribution in [3.63, 3.8) is 0 Å². The predicted octanol–water partition coefficient (Wildman–Crippen LogP) is 3.85. The molecule has 2 aromatic heterocycles. The Kier molecular flexibility index (Phi) is 4.14. The molecule has 0 bridgehead atoms. The summed E-state index contributed by atoms with van der Waals surface area (Å²) in [6.07, 6.45) is 0. The lowest BCUT2D eigenvalue weighted by Crippen LogP contribution is -2.12. The Balaban J connectivity index is 2.26. The van der Waals surface area contributed by atoms with Gasteiger partial charge >= 0.3 is 5.97 Å². The van der Waals surface area contributed by atoms with Crippen molar-refractivity contribution in [1.29, 1.82) is 0 Å². The van der Waals surface area contributed by atoms with Gasteiger partial charge in [0.25, 0.3) is 0 Å². The van der Waals surface area contributed by atoms with E-state index in [9.17, 15) is 4.79 Å². The van der Waals surface area contributed by atoms with Crippen LogP contribution in [0.3, 0.4) is 0 Å². The number of thiophene rings is 1. The third-order valence-corrected chi connectivity index (χ3v) is 4.61. The molecule has 0 saturated heterocycles. The number of rotatable bonds is 4. The zero-order valence-corrected chi connectivity index (χ0v) is 12.2. The summed E-state index contributed by atoms with van der Waals surface area (Å²) in [6.45, 7) is 6.10. The van der Waals surface area contributed by atoms with E-state index >= 15 is 0 Å². The van der Waals surface area contributed by atoms with Gasteiger partial charge in [0.2, 0.25) is 0 Å². The molecule has 0 amide bonds. The van der Waals surface area contributed by atoms with Crippen LogP contribution in [0.1, 0.15) is 29.7 Å². The average molecular weight is 281 g/mol. The Morgan fingerprint density at radius 2 is 2.33 bits per heavy atom. The van der Waals surface area contributed by atoms with E-state index in [1.165, 1.54) is 0 Å². The van der Waals surface area contributed by atoms with Crippen molar-refractivity contribution in [2.75, 3.05) is 6.61 Å². The Hall–Kier alpha value is -1.20. The van der Waals surface area contributed by atoms with Crippen LogP contribution >= 0.6 is 22.7 Å². The number of aryl methyl sites for hydroxylation is 1. The molecule has 0 aliphatic heterocycles. The van der Waals surface area contributed by atoms with Crippen LogP contribution in [-0.2, 0) is 9.53 Å². The lowest BCUT2D eigenvalue weighted by Gasteiger charge is -2.06. The first-order chi connectivity index (χ1) is 8.63. The number of hydrogen-bond donors (Lipinski definition) is 0. The molecule has 1 atom stereocenters. The van der Waals surface area contributed by atoms with Gasteiger partial charge in [0.1, 0.15) is 10.9 Å². The first-order valence-corrected chi connectivity index (χ1v) is 7.51. The zero-order chi connectivity index (χ0) is 13.1. The molecule has 1 unspecified atom stereocenters. The molecule has 2 rings (SSSR count). The summed E-state index contributed by atoms with van der Waals surface area (Å²) < 4.78 is 5.03. The van der Waals surface area contributed by atoms with E-state index in [2.05, 4.69) is 4.98 Å². The predicted molar refractivity (Wildman–Crippen MR) is 75.2 cm³/mol. The molecule has 0 fully saturated rings. The fourth-order valence-electron chi connectivity index (χ4n) is 1.61. The van der Waals surface area contributed by atoms with Crippen LogP contribution in [0.4, 0.5) is 0 Å². The van der Waals surface area contributed by atoms with E-state index in [1.807, 2.05) is 38.3 Å². The summed E-state index contributed by atoms with van der Waals surface area (Å²) in [5.41, 5.74) is 0.987. The van der Waals surface area contributed by atoms with Crippen LogP contribution in [0.25, 0.3) is 10.6 Å². The number of aromatic nitrogens is 1. The maximum atomic E-state index is 11.7. The Morgan fingerprint density at radius 1 is 1.56 bits per heavy atom. The number of esters is 1. The number of hydrogen-bond acceptors (Lipinski definition) is 5. The van der Waals surface area contributed by atoms with Crippen LogP contribution in [0, 0.1) is 6.92 Å². The van der Waals surface area contributed by atoms with Crippen LogP contribution in [-0.4, -0.2) is 17.6 Å². The third-order valence-electron chi connectivity index (χ3n) is 2.58. The smallest absolute Gasteiger partial charge is 0.315 e. The summed E-state index contributed by atoms with van der Waals surface area (Å²) in [6, 6.07) is 4.05. The molecule has 2 heterocycles. The second kappa shape index (κ2) is 5.63. The monoisotopic (exact) mass is 281 g/mol. The first kappa shape index (κ1) is 13.2. The van der Waals surface area contributed by atoms with E-state index in [4.69, 9.17) is 4.74 Å². The molecule has 0 aliphatic rings. The second-order valence-corrected chi connectivity index (χ2v) is 6.09. The topological polar surface area (TPSA) is 39.2 Å². The number of thiazole rings is 1. The zero-order valence-electron chi connectivity index (χ0n) is 10.6. The minimum atomic E-state index is -0.289. The standard InChI is InChI=1S/C13H15NO2S2/c1-4-16-13(15)8(2)12-14-11(9(3)18-12)10-6-5-7-17-10/h5-8H,4H2,1-3H3. The van der Waals surface area contributed by atoms with Crippen molar-refractivity contribution in [2.45, 2.75) is 26.7 Å². The summed E-state index contributed by atoms with van der Waals surface area (Å²) in [5, 5.41) is 2.86. The van der Waals surface area contributed by atoms with Gasteiger partial charge in [-0.15, -0.1) is 22.7 Å². The van der Waals surface area contributed by atoms with Crippen molar-refractivity contribution >= 4 is 28.6 Å². The van der Waals surface area contributed by atoms with E-state index in [1.54, 1.807) is 22.7 Å². The molecule has 2 aromatic rings. The molecule has 18 heavy (non-hydrogen) atoms. The van der Waals surface area contributed by atoms with Crippen molar-refractivity contribution in [1.82, 2.24) is 4.98 Å². The molecule has 0 radical (unpaired) electrons. The number of carbonyl (C=O) groups is 1. The van der Waals surface area contributed by atoms with Crippen molar-refractivity contribution in [3.05, 3.63) is 27.4 Å². The van der Waals surface area contributed by atoms with Gasteiger partial charge in [-0.3, -0.25) is 4.79 Å². The fraction of sp³-hybridized carbons (Fsp3) is 0.385. The molecule has 5 heteroatoms. The molecule has 0 saturated carbocycles. The van der Waals surface area contributed by atoms with Gasteiger partial charge in [-0.1, -0.05) is 6.07 Å². The van der Waals surface area contributed by atoms with Crippen molar-refractivity contribution in [3.8, 4) is 10.6 Å². The summed E-state index contributed by atoms with van der Waals surface area (Å²) in [7, 11) is 0. The molecular formula is C13H15NO2S2. The SMILES string of the molecule is CCOC(=O)C(C)c1nc(-c2cccs2)c(C)s1. The van der Waals surface area contributed by atoms with Gasteiger partial charge < -0.3 is 4.74 Å². The summed E-state index contributed by atoms with van der Waals surface area (Å²) in [4.78, 5) is 18.6. The highest BCUT2D eigenvalue weighted by Crippen LogP contribution is 2.33. The largest absolute Gasteiger partial charge is 0.465 e.